The summed E-state index contributed by atoms with van der Waals surface area (Å²) in [6, 6.07) is 7.62. The van der Waals surface area contributed by atoms with Crippen molar-refractivity contribution in [2.45, 2.75) is 19.4 Å². The van der Waals surface area contributed by atoms with Crippen LogP contribution in [0.15, 0.2) is 29.1 Å². The van der Waals surface area contributed by atoms with Gasteiger partial charge in [0.15, 0.2) is 0 Å². The van der Waals surface area contributed by atoms with Gasteiger partial charge in [-0.1, -0.05) is 23.5 Å². The lowest BCUT2D eigenvalue weighted by molar-refractivity contribution is -0.117. The summed E-state index contributed by atoms with van der Waals surface area (Å²) in [5.41, 5.74) is 2.62. The normalized spacial score (nSPS) is 14.3. The van der Waals surface area contributed by atoms with Gasteiger partial charge in [-0.25, -0.2) is 0 Å². The van der Waals surface area contributed by atoms with Crippen LogP contribution in [0.4, 0.5) is 5.69 Å². The van der Waals surface area contributed by atoms with Crippen molar-refractivity contribution in [1.29, 1.82) is 0 Å². The summed E-state index contributed by atoms with van der Waals surface area (Å²) in [6.45, 7) is 0.721. The van der Waals surface area contributed by atoms with Crippen molar-refractivity contribution in [3.05, 3.63) is 38.8 Å². The zero-order valence-electron chi connectivity index (χ0n) is 12.7. The Labute approximate surface area is 133 Å². The van der Waals surface area contributed by atoms with E-state index in [1.54, 1.807) is 0 Å². The zero-order valence-corrected chi connectivity index (χ0v) is 13.5. The van der Waals surface area contributed by atoms with E-state index >= 15 is 0 Å². The van der Waals surface area contributed by atoms with E-state index in [1.165, 1.54) is 11.3 Å². The highest BCUT2D eigenvalue weighted by molar-refractivity contribution is 7.09. The number of aromatic nitrogens is 1. The average Bonchev–Trinajstić information content (AvgIpc) is 3.24. The van der Waals surface area contributed by atoms with E-state index in [4.69, 9.17) is 0 Å². The van der Waals surface area contributed by atoms with Crippen LogP contribution in [0.2, 0.25) is 0 Å². The third kappa shape index (κ3) is 3.45. The number of carbonyl (C=O) groups is 1. The number of nitrogens with one attached hydrogen (secondary N) is 2. The predicted octanol–water partition coefficient (Wildman–Crippen LogP) is 2.51. The van der Waals surface area contributed by atoms with Gasteiger partial charge in [-0.15, -0.1) is 0 Å². The van der Waals surface area contributed by atoms with Gasteiger partial charge >= 0.3 is 4.87 Å². The number of nitrogens with zero attached hydrogens (tertiary/aromatic N) is 1. The first-order chi connectivity index (χ1) is 10.5. The minimum Gasteiger partial charge on any atom is -0.326 e. The van der Waals surface area contributed by atoms with E-state index in [2.05, 4.69) is 10.3 Å². The van der Waals surface area contributed by atoms with Crippen LogP contribution in [0, 0.1) is 5.92 Å². The summed E-state index contributed by atoms with van der Waals surface area (Å²) in [4.78, 5) is 29.3. The number of aromatic amines is 1. The molecule has 1 aromatic heterocycles. The number of hydrogen-bond acceptors (Lipinski definition) is 4. The molecule has 1 saturated carbocycles. The summed E-state index contributed by atoms with van der Waals surface area (Å²) >= 11 is 1.24. The fourth-order valence-corrected chi connectivity index (χ4v) is 3.27. The highest BCUT2D eigenvalue weighted by Gasteiger charge is 2.29. The molecule has 1 heterocycles. The molecule has 1 aliphatic carbocycles. The average molecular weight is 317 g/mol. The summed E-state index contributed by atoms with van der Waals surface area (Å²) in [6.07, 6.45) is 1.99. The highest BCUT2D eigenvalue weighted by Crippen LogP contribution is 2.31. The van der Waals surface area contributed by atoms with Gasteiger partial charge in [-0.3, -0.25) is 9.59 Å². The van der Waals surface area contributed by atoms with Crippen molar-refractivity contribution in [2.24, 2.45) is 5.92 Å². The molecule has 2 aromatic rings. The monoisotopic (exact) mass is 317 g/mol. The van der Waals surface area contributed by atoms with Gasteiger partial charge in [-0.05, 0) is 44.6 Å². The van der Waals surface area contributed by atoms with E-state index in [-0.39, 0.29) is 16.7 Å². The van der Waals surface area contributed by atoms with Crippen LogP contribution >= 0.6 is 11.3 Å². The molecule has 0 radical (unpaired) electrons. The van der Waals surface area contributed by atoms with Gasteiger partial charge in [0, 0.05) is 23.0 Å². The molecule has 22 heavy (non-hydrogen) atoms. The van der Waals surface area contributed by atoms with E-state index in [0.29, 0.717) is 0 Å². The lowest BCUT2D eigenvalue weighted by Crippen LogP contribution is -2.13. The SMILES string of the molecule is CN(C)Cc1sc(=O)[nH]c1-c1ccc(NC(=O)C2CC2)cc1. The predicted molar refractivity (Wildman–Crippen MR) is 89.1 cm³/mol. The van der Waals surface area contributed by atoms with Crippen LogP contribution in [0.5, 0.6) is 0 Å². The Morgan fingerprint density at radius 3 is 2.59 bits per heavy atom. The van der Waals surface area contributed by atoms with Crippen LogP contribution in [-0.2, 0) is 11.3 Å². The molecule has 1 aliphatic rings. The summed E-state index contributed by atoms with van der Waals surface area (Å²) in [5.74, 6) is 0.296. The van der Waals surface area contributed by atoms with Crippen molar-refractivity contribution in [3.63, 3.8) is 0 Å². The molecule has 116 valence electrons. The molecule has 0 bridgehead atoms. The Balaban J connectivity index is 1.80. The molecule has 0 spiro atoms. The molecule has 0 saturated heterocycles. The Morgan fingerprint density at radius 1 is 1.32 bits per heavy atom. The number of anilines is 1. The number of benzene rings is 1. The van der Waals surface area contributed by atoms with Crippen molar-refractivity contribution >= 4 is 22.9 Å². The Kier molecular flexibility index (Phi) is 4.13. The maximum absolute atomic E-state index is 11.7. The summed E-state index contributed by atoms with van der Waals surface area (Å²) in [7, 11) is 3.95. The molecule has 6 heteroatoms. The standard InChI is InChI=1S/C16H19N3O2S/c1-19(2)9-13-14(18-16(21)22-13)10-5-7-12(8-6-10)17-15(20)11-3-4-11/h5-8,11H,3-4,9H2,1-2H3,(H,17,20)(H,18,21). The third-order valence-corrected chi connectivity index (χ3v) is 4.44. The second kappa shape index (κ2) is 6.06. The van der Waals surface area contributed by atoms with Crippen molar-refractivity contribution in [1.82, 2.24) is 9.88 Å². The number of rotatable bonds is 5. The number of hydrogen-bond donors (Lipinski definition) is 2. The summed E-state index contributed by atoms with van der Waals surface area (Å²) in [5, 5.41) is 2.92. The molecule has 1 aromatic carbocycles. The minimum absolute atomic E-state index is 0.0436. The Morgan fingerprint density at radius 2 is 2.00 bits per heavy atom. The van der Waals surface area contributed by atoms with Gasteiger partial charge in [0.1, 0.15) is 0 Å². The lowest BCUT2D eigenvalue weighted by atomic mass is 10.1. The van der Waals surface area contributed by atoms with Crippen LogP contribution in [0.3, 0.4) is 0 Å². The second-order valence-corrected chi connectivity index (χ2v) is 6.96. The quantitative estimate of drug-likeness (QED) is 0.890. The van der Waals surface area contributed by atoms with Crippen molar-refractivity contribution in [2.75, 3.05) is 19.4 Å². The smallest absolute Gasteiger partial charge is 0.305 e. The molecule has 1 fully saturated rings. The highest BCUT2D eigenvalue weighted by atomic mass is 32.1. The maximum Gasteiger partial charge on any atom is 0.305 e. The van der Waals surface area contributed by atoms with E-state index in [0.717, 1.165) is 41.2 Å². The number of carbonyl (C=O) groups excluding carboxylic acids is 1. The fraction of sp³-hybridized carbons (Fsp3) is 0.375. The number of H-pyrrole nitrogens is 1. The first-order valence-corrected chi connectivity index (χ1v) is 8.12. The van der Waals surface area contributed by atoms with Gasteiger partial charge in [0.25, 0.3) is 0 Å². The summed E-state index contributed by atoms with van der Waals surface area (Å²) < 4.78 is 0. The fourth-order valence-electron chi connectivity index (χ4n) is 2.30. The minimum atomic E-state index is -0.0436. The van der Waals surface area contributed by atoms with E-state index in [9.17, 15) is 9.59 Å². The van der Waals surface area contributed by atoms with Crippen molar-refractivity contribution in [3.8, 4) is 11.3 Å². The van der Waals surface area contributed by atoms with Crippen LogP contribution in [0.25, 0.3) is 11.3 Å². The first kappa shape index (κ1) is 15.0. The molecular formula is C16H19N3O2S. The third-order valence-electron chi connectivity index (χ3n) is 3.57. The molecule has 0 unspecified atom stereocenters. The van der Waals surface area contributed by atoms with Gasteiger partial charge in [0.05, 0.1) is 5.69 Å². The number of amides is 1. The zero-order chi connectivity index (χ0) is 15.7. The van der Waals surface area contributed by atoms with Crippen molar-refractivity contribution < 1.29 is 4.79 Å². The second-order valence-electron chi connectivity index (χ2n) is 5.89. The van der Waals surface area contributed by atoms with Gasteiger partial charge in [0.2, 0.25) is 5.91 Å². The molecule has 3 rings (SSSR count). The Bertz CT molecular complexity index is 727. The van der Waals surface area contributed by atoms with Crippen LogP contribution in [-0.4, -0.2) is 29.9 Å². The molecule has 2 N–H and O–H groups in total. The lowest BCUT2D eigenvalue weighted by Gasteiger charge is -2.10. The molecule has 1 amide bonds. The van der Waals surface area contributed by atoms with Gasteiger partial charge in [-0.2, -0.15) is 0 Å². The molecule has 0 atom stereocenters. The van der Waals surface area contributed by atoms with E-state index in [1.807, 2.05) is 43.3 Å². The first-order valence-electron chi connectivity index (χ1n) is 7.31. The Hall–Kier alpha value is -1.92. The topological polar surface area (TPSA) is 65.2 Å². The molecular weight excluding hydrogens is 298 g/mol. The van der Waals surface area contributed by atoms with E-state index < -0.39 is 0 Å². The maximum atomic E-state index is 11.7. The largest absolute Gasteiger partial charge is 0.326 e. The molecule has 0 aliphatic heterocycles. The van der Waals surface area contributed by atoms with Crippen LogP contribution in [0.1, 0.15) is 17.7 Å². The molecule has 5 nitrogen and oxygen atoms in total. The number of thiazole rings is 1. The van der Waals surface area contributed by atoms with Gasteiger partial charge < -0.3 is 15.2 Å². The van der Waals surface area contributed by atoms with Crippen LogP contribution < -0.4 is 10.2 Å².